The summed E-state index contributed by atoms with van der Waals surface area (Å²) in [6.45, 7) is 0. The lowest BCUT2D eigenvalue weighted by Gasteiger charge is -1.96. The fourth-order valence-corrected chi connectivity index (χ4v) is 2.78. The molecule has 0 aliphatic carbocycles. The van der Waals surface area contributed by atoms with Gasteiger partial charge in [-0.1, -0.05) is 27.6 Å². The van der Waals surface area contributed by atoms with E-state index in [4.69, 9.17) is 5.84 Å². The molecule has 3 N–H and O–H groups in total. The zero-order valence-corrected chi connectivity index (χ0v) is 9.32. The maximum absolute atomic E-state index is 5.29. The van der Waals surface area contributed by atoms with Gasteiger partial charge >= 0.3 is 0 Å². The van der Waals surface area contributed by atoms with E-state index in [1.54, 1.807) is 17.3 Å². The summed E-state index contributed by atoms with van der Waals surface area (Å²) in [5.74, 6) is 5.99. The maximum Gasteiger partial charge on any atom is 0.174 e. The summed E-state index contributed by atoms with van der Waals surface area (Å²) < 4.78 is 4.71. The van der Waals surface area contributed by atoms with Crippen LogP contribution in [0.3, 0.4) is 0 Å². The number of nitrogens with two attached hydrogens (primary N) is 1. The molecule has 0 saturated carbocycles. The van der Waals surface area contributed by atoms with Crippen LogP contribution in [0.1, 0.15) is 5.69 Å². The van der Waals surface area contributed by atoms with E-state index in [0.29, 0.717) is 5.75 Å². The molecule has 0 radical (unpaired) electrons. The molecular formula is C5H6N6S3. The standard InChI is InChI=1S/C5H6N6S3/c6-8-4-3(9-11-14-4)1-12-5-10-7-2-13-5/h2,8H,1,6H2. The minimum absolute atomic E-state index is 0.700. The quantitative estimate of drug-likeness (QED) is 0.472. The minimum atomic E-state index is 0.700. The molecule has 2 heterocycles. The second-order valence-electron chi connectivity index (χ2n) is 2.19. The van der Waals surface area contributed by atoms with Crippen LogP contribution in [0.2, 0.25) is 0 Å². The molecule has 0 unspecified atom stereocenters. The molecule has 0 aromatic carbocycles. The van der Waals surface area contributed by atoms with E-state index in [1.165, 1.54) is 22.9 Å². The average molecular weight is 246 g/mol. The molecule has 74 valence electrons. The van der Waals surface area contributed by atoms with Gasteiger partial charge in [0.15, 0.2) is 4.34 Å². The number of hydrogen-bond donors (Lipinski definition) is 2. The highest BCUT2D eigenvalue weighted by atomic mass is 32.2. The SMILES string of the molecule is NNc1snnc1CSc1nncs1. The first-order valence-corrected chi connectivity index (χ1v) is 6.21. The summed E-state index contributed by atoms with van der Waals surface area (Å²) in [6.07, 6.45) is 0. The van der Waals surface area contributed by atoms with Crippen LogP contribution in [0, 0.1) is 0 Å². The zero-order chi connectivity index (χ0) is 9.80. The van der Waals surface area contributed by atoms with Crippen LogP contribution >= 0.6 is 34.6 Å². The molecule has 0 amide bonds. The van der Waals surface area contributed by atoms with Crippen LogP contribution in [0.5, 0.6) is 0 Å². The van der Waals surface area contributed by atoms with Crippen LogP contribution in [0.4, 0.5) is 5.00 Å². The minimum Gasteiger partial charge on any atom is -0.313 e. The number of nitrogen functional groups attached to an aromatic ring is 1. The molecule has 0 fully saturated rings. The van der Waals surface area contributed by atoms with Gasteiger partial charge in [0.05, 0.1) is 0 Å². The molecule has 6 nitrogen and oxygen atoms in total. The van der Waals surface area contributed by atoms with Crippen LogP contribution in [0.15, 0.2) is 9.85 Å². The molecule has 9 heteroatoms. The van der Waals surface area contributed by atoms with Crippen LogP contribution in [-0.2, 0) is 5.75 Å². The molecule has 2 aromatic heterocycles. The highest BCUT2D eigenvalue weighted by molar-refractivity contribution is 8.00. The second kappa shape index (κ2) is 4.64. The molecule has 0 aliphatic rings. The third-order valence-electron chi connectivity index (χ3n) is 1.36. The van der Waals surface area contributed by atoms with E-state index in [0.717, 1.165) is 15.0 Å². The topological polar surface area (TPSA) is 89.6 Å². The number of aromatic nitrogens is 4. The van der Waals surface area contributed by atoms with E-state index in [2.05, 4.69) is 25.2 Å². The van der Waals surface area contributed by atoms with Gasteiger partial charge in [0.25, 0.3) is 0 Å². The first-order chi connectivity index (χ1) is 6.90. The van der Waals surface area contributed by atoms with Crippen molar-refractivity contribution in [3.8, 4) is 0 Å². The smallest absolute Gasteiger partial charge is 0.174 e. The Morgan fingerprint density at radius 2 is 2.43 bits per heavy atom. The van der Waals surface area contributed by atoms with Crippen molar-refractivity contribution in [2.75, 3.05) is 5.43 Å². The van der Waals surface area contributed by atoms with E-state index >= 15 is 0 Å². The van der Waals surface area contributed by atoms with Crippen LogP contribution < -0.4 is 11.3 Å². The Bertz CT molecular complexity index is 384. The zero-order valence-electron chi connectivity index (χ0n) is 6.88. The van der Waals surface area contributed by atoms with Crippen molar-refractivity contribution in [1.29, 1.82) is 0 Å². The largest absolute Gasteiger partial charge is 0.313 e. The van der Waals surface area contributed by atoms with Crippen molar-refractivity contribution in [3.63, 3.8) is 0 Å². The predicted molar refractivity (Wildman–Crippen MR) is 57.2 cm³/mol. The number of thioether (sulfide) groups is 1. The maximum atomic E-state index is 5.29. The summed E-state index contributed by atoms with van der Waals surface area (Å²) >= 11 is 4.31. The van der Waals surface area contributed by atoms with Crippen molar-refractivity contribution >= 4 is 39.6 Å². The second-order valence-corrected chi connectivity index (χ2v) is 5.00. The van der Waals surface area contributed by atoms with Gasteiger partial charge in [-0.2, -0.15) is 0 Å². The Morgan fingerprint density at radius 3 is 3.14 bits per heavy atom. The van der Waals surface area contributed by atoms with Crippen molar-refractivity contribution in [2.24, 2.45) is 5.84 Å². The van der Waals surface area contributed by atoms with E-state index < -0.39 is 0 Å². The third kappa shape index (κ3) is 2.18. The summed E-state index contributed by atoms with van der Waals surface area (Å²) in [5.41, 5.74) is 5.10. The molecule has 0 spiro atoms. The Morgan fingerprint density at radius 1 is 1.50 bits per heavy atom. The van der Waals surface area contributed by atoms with Gasteiger partial charge in [-0.05, 0) is 0 Å². The number of rotatable bonds is 4. The van der Waals surface area contributed by atoms with Gasteiger partial charge in [-0.25, -0.2) is 5.84 Å². The molecular weight excluding hydrogens is 240 g/mol. The van der Waals surface area contributed by atoms with Crippen molar-refractivity contribution in [2.45, 2.75) is 10.1 Å². The average Bonchev–Trinajstić information content (AvgIpc) is 2.85. The summed E-state index contributed by atoms with van der Waals surface area (Å²) in [4.78, 5) is 0. The molecule has 0 bridgehead atoms. The van der Waals surface area contributed by atoms with E-state index in [9.17, 15) is 0 Å². The number of hydrogen-bond acceptors (Lipinski definition) is 9. The number of hydrazine groups is 1. The van der Waals surface area contributed by atoms with Gasteiger partial charge in [-0.3, -0.25) is 0 Å². The van der Waals surface area contributed by atoms with Crippen molar-refractivity contribution in [3.05, 3.63) is 11.2 Å². The van der Waals surface area contributed by atoms with E-state index in [-0.39, 0.29) is 0 Å². The van der Waals surface area contributed by atoms with Crippen LogP contribution in [0.25, 0.3) is 0 Å². The van der Waals surface area contributed by atoms with Gasteiger partial charge < -0.3 is 5.43 Å². The van der Waals surface area contributed by atoms with Gasteiger partial charge in [-0.15, -0.1) is 15.3 Å². The number of nitrogens with one attached hydrogen (secondary N) is 1. The molecule has 0 atom stereocenters. The highest BCUT2D eigenvalue weighted by Crippen LogP contribution is 2.27. The summed E-state index contributed by atoms with van der Waals surface area (Å²) in [6, 6.07) is 0. The first kappa shape index (κ1) is 9.77. The van der Waals surface area contributed by atoms with Gasteiger partial charge in [0.2, 0.25) is 0 Å². The van der Waals surface area contributed by atoms with E-state index in [1.807, 2.05) is 0 Å². The van der Waals surface area contributed by atoms with Crippen LogP contribution in [-0.4, -0.2) is 19.8 Å². The Kier molecular flexibility index (Phi) is 3.24. The van der Waals surface area contributed by atoms with Crippen molar-refractivity contribution in [1.82, 2.24) is 19.8 Å². The fraction of sp³-hybridized carbons (Fsp3) is 0.200. The number of anilines is 1. The Balaban J connectivity index is 1.98. The Hall–Kier alpha value is -0.770. The summed E-state index contributed by atoms with van der Waals surface area (Å²) in [5, 5.41) is 12.4. The number of nitrogens with zero attached hydrogens (tertiary/aromatic N) is 4. The Labute approximate surface area is 92.1 Å². The lowest BCUT2D eigenvalue weighted by atomic mass is 10.5. The monoisotopic (exact) mass is 246 g/mol. The molecule has 2 rings (SSSR count). The summed E-state index contributed by atoms with van der Waals surface area (Å²) in [7, 11) is 0. The molecule has 14 heavy (non-hydrogen) atoms. The van der Waals surface area contributed by atoms with Gasteiger partial charge in [0.1, 0.15) is 16.2 Å². The first-order valence-electron chi connectivity index (χ1n) is 3.57. The lowest BCUT2D eigenvalue weighted by Crippen LogP contribution is -2.06. The fourth-order valence-electron chi connectivity index (χ4n) is 0.769. The normalized spacial score (nSPS) is 10.4. The van der Waals surface area contributed by atoms with Crippen molar-refractivity contribution < 1.29 is 0 Å². The lowest BCUT2D eigenvalue weighted by molar-refractivity contribution is 1.01. The molecule has 2 aromatic rings. The van der Waals surface area contributed by atoms with Gasteiger partial charge in [0, 0.05) is 17.3 Å². The third-order valence-corrected chi connectivity index (χ3v) is 3.93. The highest BCUT2D eigenvalue weighted by Gasteiger charge is 2.07. The molecule has 0 saturated heterocycles. The predicted octanol–water partition coefficient (Wildman–Crippen LogP) is 0.968. The molecule has 0 aliphatic heterocycles.